The monoisotopic (exact) mass is 316 g/mol. The molecule has 1 saturated heterocycles. The second kappa shape index (κ2) is 7.60. The molecule has 0 aliphatic carbocycles. The number of carboxylic acid groups (broad SMARTS) is 1. The van der Waals surface area contributed by atoms with Crippen LogP contribution >= 0.6 is 0 Å². The van der Waals surface area contributed by atoms with Crippen molar-refractivity contribution in [3.63, 3.8) is 0 Å². The Morgan fingerprint density at radius 2 is 1.96 bits per heavy atom. The number of carbonyl (C=O) groups is 1. The van der Waals surface area contributed by atoms with Crippen molar-refractivity contribution in [3.8, 4) is 11.5 Å². The van der Waals surface area contributed by atoms with Crippen LogP contribution in [0, 0.1) is 0 Å². The van der Waals surface area contributed by atoms with Crippen LogP contribution in [-0.2, 0) is 0 Å². The van der Waals surface area contributed by atoms with Crippen molar-refractivity contribution in [2.45, 2.75) is 18.9 Å². The van der Waals surface area contributed by atoms with Crippen LogP contribution in [0.1, 0.15) is 34.8 Å². The molecule has 3 N–H and O–H groups in total. The Balaban J connectivity index is 0.000000168. The summed E-state index contributed by atoms with van der Waals surface area (Å²) in [7, 11) is 2.19. The van der Waals surface area contributed by atoms with E-state index in [1.54, 1.807) is 0 Å². The summed E-state index contributed by atoms with van der Waals surface area (Å²) in [5.74, 6) is -1.71. The second-order valence-electron chi connectivity index (χ2n) is 5.47. The van der Waals surface area contributed by atoms with Gasteiger partial charge in [-0.2, -0.15) is 0 Å². The van der Waals surface area contributed by atoms with E-state index in [4.69, 9.17) is 15.3 Å². The first-order valence-electron chi connectivity index (χ1n) is 7.34. The number of aromatic nitrogens is 1. The average molecular weight is 316 g/mol. The quantitative estimate of drug-likeness (QED) is 0.788. The minimum atomic E-state index is -1.18. The predicted octanol–water partition coefficient (Wildman–Crippen LogP) is 2.64. The third-order valence-electron chi connectivity index (χ3n) is 3.74. The molecule has 1 aromatic carbocycles. The fourth-order valence-electron chi connectivity index (χ4n) is 2.62. The maximum absolute atomic E-state index is 10.3. The summed E-state index contributed by atoms with van der Waals surface area (Å²) in [4.78, 5) is 16.8. The first-order chi connectivity index (χ1) is 11.0. The van der Waals surface area contributed by atoms with Crippen molar-refractivity contribution < 1.29 is 20.1 Å². The van der Waals surface area contributed by atoms with E-state index in [9.17, 15) is 4.79 Å². The summed E-state index contributed by atoms with van der Waals surface area (Å²) in [6.07, 6.45) is 6.41. The fraction of sp³-hybridized carbons (Fsp3) is 0.294. The maximum atomic E-state index is 10.3. The number of nitrogens with zero attached hydrogens (tertiary/aromatic N) is 2. The lowest BCUT2D eigenvalue weighted by molar-refractivity contribution is 0.0696. The summed E-state index contributed by atoms with van der Waals surface area (Å²) in [6.45, 7) is 1.22. The summed E-state index contributed by atoms with van der Waals surface area (Å²) < 4.78 is 0. The van der Waals surface area contributed by atoms with Crippen LogP contribution in [0.4, 0.5) is 0 Å². The highest BCUT2D eigenvalue weighted by Crippen LogP contribution is 2.29. The number of benzene rings is 1. The van der Waals surface area contributed by atoms with E-state index in [1.165, 1.54) is 24.9 Å². The van der Waals surface area contributed by atoms with E-state index in [0.717, 1.165) is 18.2 Å². The molecule has 0 saturated carbocycles. The first-order valence-corrected chi connectivity index (χ1v) is 7.34. The molecule has 0 spiro atoms. The number of phenols is 2. The number of aromatic carboxylic acids is 1. The zero-order valence-corrected chi connectivity index (χ0v) is 12.9. The van der Waals surface area contributed by atoms with Crippen LogP contribution < -0.4 is 0 Å². The minimum absolute atomic E-state index is 0.137. The van der Waals surface area contributed by atoms with Crippen LogP contribution in [0.15, 0.2) is 42.7 Å². The number of rotatable bonds is 2. The lowest BCUT2D eigenvalue weighted by Gasteiger charge is -2.18. The largest absolute Gasteiger partial charge is 0.508 e. The van der Waals surface area contributed by atoms with Crippen molar-refractivity contribution >= 4 is 5.97 Å². The molecule has 122 valence electrons. The van der Waals surface area contributed by atoms with Gasteiger partial charge < -0.3 is 15.3 Å². The lowest BCUT2D eigenvalue weighted by Crippen LogP contribution is -2.17. The van der Waals surface area contributed by atoms with Gasteiger partial charge in [-0.3, -0.25) is 9.88 Å². The zero-order chi connectivity index (χ0) is 16.8. The Kier molecular flexibility index (Phi) is 5.54. The van der Waals surface area contributed by atoms with E-state index in [1.807, 2.05) is 18.5 Å². The second-order valence-corrected chi connectivity index (χ2v) is 5.47. The minimum Gasteiger partial charge on any atom is -0.508 e. The molecule has 1 fully saturated rings. The fourth-order valence-corrected chi connectivity index (χ4v) is 2.62. The van der Waals surface area contributed by atoms with E-state index in [2.05, 4.69) is 23.0 Å². The highest BCUT2D eigenvalue weighted by molar-refractivity contribution is 5.88. The Morgan fingerprint density at radius 1 is 1.26 bits per heavy atom. The summed E-state index contributed by atoms with van der Waals surface area (Å²) in [6, 6.07) is 7.97. The van der Waals surface area contributed by atoms with Crippen molar-refractivity contribution in [1.82, 2.24) is 9.88 Å². The van der Waals surface area contributed by atoms with Gasteiger partial charge >= 0.3 is 5.97 Å². The molecule has 2 heterocycles. The summed E-state index contributed by atoms with van der Waals surface area (Å²) in [5, 5.41) is 26.1. The highest BCUT2D eigenvalue weighted by atomic mass is 16.4. The van der Waals surface area contributed by atoms with Crippen LogP contribution in [0.3, 0.4) is 0 Å². The molecule has 1 aliphatic heterocycles. The molecule has 6 heteroatoms. The molecule has 3 rings (SSSR count). The lowest BCUT2D eigenvalue weighted by atomic mass is 10.1. The average Bonchev–Trinajstić information content (AvgIpc) is 2.94. The normalized spacial score (nSPS) is 17.3. The highest BCUT2D eigenvalue weighted by Gasteiger charge is 2.21. The van der Waals surface area contributed by atoms with Crippen molar-refractivity contribution in [2.24, 2.45) is 0 Å². The van der Waals surface area contributed by atoms with Gasteiger partial charge in [0.05, 0.1) is 5.56 Å². The van der Waals surface area contributed by atoms with Gasteiger partial charge in [0.15, 0.2) is 0 Å². The molecule has 6 nitrogen and oxygen atoms in total. The van der Waals surface area contributed by atoms with E-state index in [0.29, 0.717) is 6.04 Å². The molecule has 1 aliphatic rings. The number of hydrogen-bond donors (Lipinski definition) is 3. The Morgan fingerprint density at radius 3 is 2.43 bits per heavy atom. The molecule has 0 radical (unpaired) electrons. The van der Waals surface area contributed by atoms with Crippen LogP contribution in [0.25, 0.3) is 0 Å². The Labute approximate surface area is 134 Å². The van der Waals surface area contributed by atoms with Crippen molar-refractivity contribution in [3.05, 3.63) is 53.9 Å². The Bertz CT molecular complexity index is 641. The Hall–Kier alpha value is -2.60. The SMILES string of the molecule is CN1CCCC1c1cccnc1.O=C(O)c1cc(O)cc(O)c1. The van der Waals surface area contributed by atoms with Gasteiger partial charge in [0.25, 0.3) is 0 Å². The van der Waals surface area contributed by atoms with Crippen molar-refractivity contribution in [1.29, 1.82) is 0 Å². The molecule has 0 bridgehead atoms. The molecule has 23 heavy (non-hydrogen) atoms. The molecular weight excluding hydrogens is 296 g/mol. The maximum Gasteiger partial charge on any atom is 0.335 e. The van der Waals surface area contributed by atoms with Gasteiger partial charge in [-0.15, -0.1) is 0 Å². The standard InChI is InChI=1S/C10H14N2.C7H6O4/c1-12-7-3-5-10(12)9-4-2-6-11-8-9;8-5-1-4(7(10)11)2-6(9)3-5/h2,4,6,8,10H,3,5,7H2,1H3;1-3,8-9H,(H,10,11). The van der Waals surface area contributed by atoms with Gasteiger partial charge in [-0.1, -0.05) is 6.07 Å². The molecule has 2 aromatic rings. The van der Waals surface area contributed by atoms with Gasteiger partial charge in [-0.25, -0.2) is 4.79 Å². The van der Waals surface area contributed by atoms with Gasteiger partial charge in [-0.05, 0) is 50.2 Å². The third-order valence-corrected chi connectivity index (χ3v) is 3.74. The molecular formula is C17H20N2O4. The van der Waals surface area contributed by atoms with Crippen LogP contribution in [-0.4, -0.2) is 44.8 Å². The number of carboxylic acids is 1. The number of aromatic hydroxyl groups is 2. The zero-order valence-electron chi connectivity index (χ0n) is 12.9. The van der Waals surface area contributed by atoms with Gasteiger partial charge in [0, 0.05) is 24.5 Å². The third kappa shape index (κ3) is 4.69. The van der Waals surface area contributed by atoms with E-state index >= 15 is 0 Å². The van der Waals surface area contributed by atoms with E-state index < -0.39 is 5.97 Å². The molecule has 1 atom stereocenters. The van der Waals surface area contributed by atoms with Gasteiger partial charge in [0.2, 0.25) is 0 Å². The van der Waals surface area contributed by atoms with Crippen molar-refractivity contribution in [2.75, 3.05) is 13.6 Å². The summed E-state index contributed by atoms with van der Waals surface area (Å²) >= 11 is 0. The molecule has 0 amide bonds. The smallest absolute Gasteiger partial charge is 0.335 e. The number of hydrogen-bond acceptors (Lipinski definition) is 5. The number of phenolic OH excluding ortho intramolecular Hbond substituents is 2. The van der Waals surface area contributed by atoms with Crippen LogP contribution in [0.5, 0.6) is 11.5 Å². The predicted molar refractivity (Wildman–Crippen MR) is 85.6 cm³/mol. The molecule has 1 aromatic heterocycles. The van der Waals surface area contributed by atoms with Crippen LogP contribution in [0.2, 0.25) is 0 Å². The number of pyridine rings is 1. The van der Waals surface area contributed by atoms with Gasteiger partial charge in [0.1, 0.15) is 11.5 Å². The first kappa shape index (κ1) is 16.8. The van der Waals surface area contributed by atoms with E-state index in [-0.39, 0.29) is 17.1 Å². The summed E-state index contributed by atoms with van der Waals surface area (Å²) in [5.41, 5.74) is 1.22. The topological polar surface area (TPSA) is 93.9 Å². The number of likely N-dealkylation sites (tertiary alicyclic amines) is 1. The molecule has 1 unspecified atom stereocenters.